The molecule has 1 aliphatic heterocycles. The molecule has 0 aliphatic carbocycles. The highest BCUT2D eigenvalue weighted by atomic mass is 35.5. The second-order valence-corrected chi connectivity index (χ2v) is 6.06. The Hall–Kier alpha value is -1.26. The summed E-state index contributed by atoms with van der Waals surface area (Å²) in [5.74, 6) is 0. The van der Waals surface area contributed by atoms with Gasteiger partial charge in [-0.25, -0.2) is 0 Å². The summed E-state index contributed by atoms with van der Waals surface area (Å²) < 4.78 is 5.60. The first kappa shape index (κ1) is 18.1. The zero-order valence-corrected chi connectivity index (χ0v) is 14.4. The Morgan fingerprint density at radius 1 is 1.13 bits per heavy atom. The van der Waals surface area contributed by atoms with Crippen LogP contribution in [0.4, 0.5) is 5.69 Å². The first-order valence-electron chi connectivity index (χ1n) is 7.55. The second-order valence-electron chi connectivity index (χ2n) is 5.62. The smallest absolute Gasteiger partial charge is 0.0948 e. The van der Waals surface area contributed by atoms with E-state index in [0.29, 0.717) is 19.8 Å². The molecule has 1 atom stereocenters. The summed E-state index contributed by atoms with van der Waals surface area (Å²) in [4.78, 5) is 2.23. The second kappa shape index (κ2) is 8.55. The standard InChI is InChI=1S/C18H20ClNO2.ClH/c19-16-7-5-14(6-8-16)12-22-13-17(21)11-20-10-9-15-3-1-2-4-18(15)20;/h1-8,17,21H,9-13H2;1H. The predicted octanol–water partition coefficient (Wildman–Crippen LogP) is 3.70. The number of aliphatic hydroxyl groups excluding tert-OH is 1. The molecule has 23 heavy (non-hydrogen) atoms. The molecule has 2 aromatic carbocycles. The molecule has 124 valence electrons. The van der Waals surface area contributed by atoms with Crippen LogP contribution in [0.15, 0.2) is 48.5 Å². The van der Waals surface area contributed by atoms with E-state index in [1.54, 1.807) is 0 Å². The lowest BCUT2D eigenvalue weighted by molar-refractivity contribution is 0.0321. The van der Waals surface area contributed by atoms with Crippen LogP contribution in [0.3, 0.4) is 0 Å². The van der Waals surface area contributed by atoms with Crippen molar-refractivity contribution in [3.63, 3.8) is 0 Å². The summed E-state index contributed by atoms with van der Waals surface area (Å²) >= 11 is 5.85. The van der Waals surface area contributed by atoms with Crippen molar-refractivity contribution in [3.05, 3.63) is 64.7 Å². The van der Waals surface area contributed by atoms with Crippen molar-refractivity contribution in [2.75, 3.05) is 24.6 Å². The van der Waals surface area contributed by atoms with E-state index in [1.165, 1.54) is 11.3 Å². The Balaban J connectivity index is 0.00000192. The van der Waals surface area contributed by atoms with Crippen LogP contribution in [-0.4, -0.2) is 30.9 Å². The third-order valence-electron chi connectivity index (χ3n) is 3.91. The topological polar surface area (TPSA) is 32.7 Å². The third-order valence-corrected chi connectivity index (χ3v) is 4.16. The molecule has 3 nitrogen and oxygen atoms in total. The van der Waals surface area contributed by atoms with Gasteiger partial charge < -0.3 is 14.7 Å². The van der Waals surface area contributed by atoms with Gasteiger partial charge in [0.05, 0.1) is 19.3 Å². The van der Waals surface area contributed by atoms with Crippen molar-refractivity contribution in [2.24, 2.45) is 0 Å². The molecule has 0 radical (unpaired) electrons. The maximum absolute atomic E-state index is 10.2. The number of para-hydroxylation sites is 1. The van der Waals surface area contributed by atoms with Gasteiger partial charge in [0.2, 0.25) is 0 Å². The number of nitrogens with zero attached hydrogens (tertiary/aromatic N) is 1. The van der Waals surface area contributed by atoms with Crippen molar-refractivity contribution in [1.29, 1.82) is 0 Å². The number of hydrogen-bond acceptors (Lipinski definition) is 3. The van der Waals surface area contributed by atoms with Crippen LogP contribution in [-0.2, 0) is 17.8 Å². The van der Waals surface area contributed by atoms with Crippen LogP contribution in [0.1, 0.15) is 11.1 Å². The van der Waals surface area contributed by atoms with E-state index < -0.39 is 6.10 Å². The van der Waals surface area contributed by atoms with Gasteiger partial charge >= 0.3 is 0 Å². The minimum Gasteiger partial charge on any atom is -0.389 e. The Bertz CT molecular complexity index is 619. The van der Waals surface area contributed by atoms with Gasteiger partial charge in [0.25, 0.3) is 0 Å². The van der Waals surface area contributed by atoms with Crippen LogP contribution >= 0.6 is 24.0 Å². The Morgan fingerprint density at radius 3 is 2.65 bits per heavy atom. The van der Waals surface area contributed by atoms with Crippen molar-refractivity contribution in [1.82, 2.24) is 0 Å². The molecule has 0 spiro atoms. The summed E-state index contributed by atoms with van der Waals surface area (Å²) in [5, 5.41) is 10.9. The molecule has 0 bridgehead atoms. The number of fused-ring (bicyclic) bond motifs is 1. The largest absolute Gasteiger partial charge is 0.389 e. The Labute approximate surface area is 148 Å². The molecule has 3 rings (SSSR count). The number of β-amino-alcohol motifs (C(OH)–C–C–N with tert-alkyl or cyclic N) is 1. The third kappa shape index (κ3) is 4.85. The molecular weight excluding hydrogens is 333 g/mol. The average Bonchev–Trinajstić information content (AvgIpc) is 2.93. The lowest BCUT2D eigenvalue weighted by atomic mass is 10.2. The van der Waals surface area contributed by atoms with Crippen molar-refractivity contribution >= 4 is 29.7 Å². The van der Waals surface area contributed by atoms with Crippen LogP contribution in [0.25, 0.3) is 0 Å². The summed E-state index contributed by atoms with van der Waals surface area (Å²) in [6, 6.07) is 15.9. The van der Waals surface area contributed by atoms with E-state index >= 15 is 0 Å². The number of ether oxygens (including phenoxy) is 1. The van der Waals surface area contributed by atoms with Crippen molar-refractivity contribution in [3.8, 4) is 0 Å². The minimum absolute atomic E-state index is 0. The number of hydrogen-bond donors (Lipinski definition) is 1. The van der Waals surface area contributed by atoms with E-state index in [1.807, 2.05) is 30.3 Å². The molecule has 0 saturated carbocycles. The summed E-state index contributed by atoms with van der Waals surface area (Å²) in [6.45, 7) is 2.40. The average molecular weight is 354 g/mol. The summed E-state index contributed by atoms with van der Waals surface area (Å²) in [5.41, 5.74) is 3.65. The summed E-state index contributed by atoms with van der Waals surface area (Å²) in [6.07, 6.45) is 0.563. The number of aliphatic hydroxyl groups is 1. The lowest BCUT2D eigenvalue weighted by Gasteiger charge is -2.22. The van der Waals surface area contributed by atoms with E-state index in [2.05, 4.69) is 23.1 Å². The Kier molecular flexibility index (Phi) is 6.72. The molecule has 0 fully saturated rings. The van der Waals surface area contributed by atoms with E-state index in [0.717, 1.165) is 23.6 Å². The van der Waals surface area contributed by atoms with Gasteiger partial charge in [0.1, 0.15) is 0 Å². The molecule has 0 amide bonds. The molecule has 5 heteroatoms. The fourth-order valence-electron chi connectivity index (χ4n) is 2.80. The molecule has 0 aromatic heterocycles. The summed E-state index contributed by atoms with van der Waals surface area (Å²) in [7, 11) is 0. The maximum Gasteiger partial charge on any atom is 0.0948 e. The highest BCUT2D eigenvalue weighted by Crippen LogP contribution is 2.27. The highest BCUT2D eigenvalue weighted by Gasteiger charge is 2.20. The minimum atomic E-state index is -0.488. The first-order valence-corrected chi connectivity index (χ1v) is 7.93. The van der Waals surface area contributed by atoms with Crippen LogP contribution in [0, 0.1) is 0 Å². The predicted molar refractivity (Wildman–Crippen MR) is 96.7 cm³/mol. The molecule has 1 N–H and O–H groups in total. The van der Waals surface area contributed by atoms with Crippen LogP contribution in [0.2, 0.25) is 5.02 Å². The van der Waals surface area contributed by atoms with Crippen molar-refractivity contribution < 1.29 is 9.84 Å². The van der Waals surface area contributed by atoms with Gasteiger partial charge in [-0.15, -0.1) is 12.4 Å². The van der Waals surface area contributed by atoms with E-state index in [-0.39, 0.29) is 12.4 Å². The number of benzene rings is 2. The van der Waals surface area contributed by atoms with Crippen LogP contribution in [0.5, 0.6) is 0 Å². The Morgan fingerprint density at radius 2 is 1.87 bits per heavy atom. The van der Waals surface area contributed by atoms with Gasteiger partial charge in [0.15, 0.2) is 0 Å². The maximum atomic E-state index is 10.2. The molecule has 2 aromatic rings. The van der Waals surface area contributed by atoms with Gasteiger partial charge in [0, 0.05) is 23.8 Å². The fraction of sp³-hybridized carbons (Fsp3) is 0.333. The van der Waals surface area contributed by atoms with Gasteiger partial charge in [-0.3, -0.25) is 0 Å². The molecular formula is C18H21Cl2NO2. The number of rotatable bonds is 6. The van der Waals surface area contributed by atoms with E-state index in [9.17, 15) is 5.11 Å². The van der Waals surface area contributed by atoms with E-state index in [4.69, 9.17) is 16.3 Å². The van der Waals surface area contributed by atoms with Crippen molar-refractivity contribution in [2.45, 2.75) is 19.1 Å². The number of halogens is 2. The lowest BCUT2D eigenvalue weighted by Crippen LogP contribution is -2.33. The zero-order valence-electron chi connectivity index (χ0n) is 12.8. The SMILES string of the molecule is Cl.OC(COCc1ccc(Cl)cc1)CN1CCc2ccccc21. The van der Waals surface area contributed by atoms with Gasteiger partial charge in [-0.05, 0) is 35.7 Å². The molecule has 1 heterocycles. The zero-order chi connectivity index (χ0) is 15.4. The quantitative estimate of drug-likeness (QED) is 0.859. The van der Waals surface area contributed by atoms with Gasteiger partial charge in [-0.2, -0.15) is 0 Å². The number of anilines is 1. The molecule has 1 unspecified atom stereocenters. The highest BCUT2D eigenvalue weighted by molar-refractivity contribution is 6.30. The first-order chi connectivity index (χ1) is 10.7. The molecule has 0 saturated heterocycles. The van der Waals surface area contributed by atoms with Crippen LogP contribution < -0.4 is 4.90 Å². The fourth-order valence-corrected chi connectivity index (χ4v) is 2.92. The monoisotopic (exact) mass is 353 g/mol. The van der Waals surface area contributed by atoms with Gasteiger partial charge in [-0.1, -0.05) is 41.9 Å². The molecule has 1 aliphatic rings. The normalized spacial score (nSPS) is 14.3.